The molecule has 0 aromatic heterocycles. The van der Waals surface area contributed by atoms with Gasteiger partial charge in [-0.3, -0.25) is 0 Å². The van der Waals surface area contributed by atoms with Gasteiger partial charge >= 0.3 is 0 Å². The lowest BCUT2D eigenvalue weighted by Crippen LogP contribution is -2.24. The molecule has 0 aliphatic carbocycles. The molecular weight excluding hydrogens is 287 g/mol. The fourth-order valence-electron chi connectivity index (χ4n) is 3.24. The zero-order valence-corrected chi connectivity index (χ0v) is 17.1. The second-order valence-electron chi connectivity index (χ2n) is 5.58. The van der Waals surface area contributed by atoms with Crippen molar-refractivity contribution in [3.8, 4) is 0 Å². The Morgan fingerprint density at radius 2 is 1.63 bits per heavy atom. The van der Waals surface area contributed by atoms with Crippen LogP contribution in [0.5, 0.6) is 0 Å². The molecule has 118 valence electrons. The largest absolute Gasteiger partial charge is 0.240 e. The van der Waals surface area contributed by atoms with E-state index in [-0.39, 0.29) is 0 Å². The quantitative estimate of drug-likeness (QED) is 0.442. The van der Waals surface area contributed by atoms with Crippen LogP contribution < -0.4 is 0 Å². The van der Waals surface area contributed by atoms with E-state index in [9.17, 15) is 0 Å². The monoisotopic (exact) mass is 324 g/mol. The molecule has 2 atom stereocenters. The van der Waals surface area contributed by atoms with Crippen molar-refractivity contribution in [1.29, 1.82) is 0 Å². The first-order chi connectivity index (χ1) is 8.88. The Hall–Kier alpha value is 0.870. The first-order valence-electron chi connectivity index (χ1n) is 7.72. The summed E-state index contributed by atoms with van der Waals surface area (Å²) in [5, 5.41) is 0.861. The summed E-state index contributed by atoms with van der Waals surface area (Å²) in [4.78, 5) is 1.87. The van der Waals surface area contributed by atoms with E-state index >= 15 is 0 Å². The molecular formula is C16H37PS2. The van der Waals surface area contributed by atoms with E-state index in [0.29, 0.717) is 0 Å². The molecule has 0 amide bonds. The fraction of sp³-hybridized carbons (Fsp3) is 0.875. The predicted octanol–water partition coefficient (Wildman–Crippen LogP) is 6.21. The molecule has 0 spiro atoms. The van der Waals surface area contributed by atoms with Gasteiger partial charge in [0.25, 0.3) is 0 Å². The highest BCUT2D eigenvalue weighted by atomic mass is 32.8. The minimum absolute atomic E-state index is 0.490. The molecule has 0 aliphatic heterocycles. The van der Waals surface area contributed by atoms with Gasteiger partial charge in [0.1, 0.15) is 0 Å². The first kappa shape index (κ1) is 19.9. The average Bonchev–Trinajstić information content (AvgIpc) is 2.39. The molecule has 0 saturated carbocycles. The summed E-state index contributed by atoms with van der Waals surface area (Å²) in [5.41, 5.74) is 0. The molecule has 0 radical (unpaired) electrons. The van der Waals surface area contributed by atoms with Gasteiger partial charge in [-0.2, -0.15) is 0 Å². The second kappa shape index (κ2) is 9.00. The molecule has 2 unspecified atom stereocenters. The predicted molar refractivity (Wildman–Crippen MR) is 105 cm³/mol. The van der Waals surface area contributed by atoms with Crippen molar-refractivity contribution in [1.82, 2.24) is 0 Å². The van der Waals surface area contributed by atoms with Crippen molar-refractivity contribution >= 4 is 27.5 Å². The average molecular weight is 325 g/mol. The van der Waals surface area contributed by atoms with Crippen LogP contribution in [0, 0.1) is 0 Å². The number of allylic oxidation sites excluding steroid dienone is 1. The SMILES string of the molecule is C/C=C(\C(CC)S(C)(C)CCC)S(CC)(CC)PC. The minimum atomic E-state index is -0.504. The van der Waals surface area contributed by atoms with Gasteiger partial charge < -0.3 is 0 Å². The van der Waals surface area contributed by atoms with Gasteiger partial charge in [0.15, 0.2) is 0 Å². The van der Waals surface area contributed by atoms with Gasteiger partial charge in [-0.25, -0.2) is 19.7 Å². The summed E-state index contributed by atoms with van der Waals surface area (Å²) in [7, 11) is 0.117. The standard InChI is InChI=1S/C16H37PS2/c1-9-14-18(7,8)15(10-2)16(11-3)19(12-4,13-5)17-6/h11,15,17H,9-10,12-14H2,1-8H3/b16-11+. The molecule has 0 aromatic rings. The molecule has 0 nitrogen and oxygen atoms in total. The summed E-state index contributed by atoms with van der Waals surface area (Å²) >= 11 is 0. The van der Waals surface area contributed by atoms with Crippen LogP contribution in [-0.4, -0.2) is 41.7 Å². The molecule has 0 heterocycles. The molecule has 0 aromatic carbocycles. The van der Waals surface area contributed by atoms with Crippen LogP contribution in [-0.2, 0) is 0 Å². The Labute approximate surface area is 127 Å². The lowest BCUT2D eigenvalue weighted by Gasteiger charge is -2.50. The lowest BCUT2D eigenvalue weighted by atomic mass is 10.3. The van der Waals surface area contributed by atoms with Crippen LogP contribution >= 0.6 is 27.5 Å². The van der Waals surface area contributed by atoms with Gasteiger partial charge in [-0.1, -0.05) is 41.6 Å². The van der Waals surface area contributed by atoms with Crippen LogP contribution in [0.1, 0.15) is 47.5 Å². The molecule has 3 heteroatoms. The summed E-state index contributed by atoms with van der Waals surface area (Å²) in [6, 6.07) is 0. The normalized spacial score (nSPS) is 18.0. The molecule has 0 rings (SSSR count). The Morgan fingerprint density at radius 3 is 1.89 bits per heavy atom. The number of hydrogen-bond acceptors (Lipinski definition) is 0. The first-order valence-corrected chi connectivity index (χ1v) is 14.6. The third-order valence-electron chi connectivity index (χ3n) is 4.30. The third-order valence-corrected chi connectivity index (χ3v) is 17.0. The van der Waals surface area contributed by atoms with Crippen LogP contribution in [0.25, 0.3) is 0 Å². The van der Waals surface area contributed by atoms with E-state index in [1.807, 2.05) is 4.91 Å². The molecule has 0 bridgehead atoms. The van der Waals surface area contributed by atoms with Crippen molar-refractivity contribution in [2.24, 2.45) is 0 Å². The van der Waals surface area contributed by atoms with Gasteiger partial charge in [-0.05, 0) is 61.1 Å². The summed E-state index contributed by atoms with van der Waals surface area (Å²) in [6.45, 7) is 14.3. The molecule has 0 fully saturated rings. The molecule has 0 aliphatic rings. The van der Waals surface area contributed by atoms with Gasteiger partial charge in [0.05, 0.1) is 0 Å². The topological polar surface area (TPSA) is 0 Å². The summed E-state index contributed by atoms with van der Waals surface area (Å²) in [6.07, 6.45) is 10.3. The van der Waals surface area contributed by atoms with E-state index < -0.39 is 19.7 Å². The Kier molecular flexibility index (Phi) is 9.42. The van der Waals surface area contributed by atoms with Crippen molar-refractivity contribution in [2.75, 3.05) is 36.4 Å². The van der Waals surface area contributed by atoms with Gasteiger partial charge in [0.2, 0.25) is 0 Å². The Balaban J connectivity index is 5.54. The van der Waals surface area contributed by atoms with E-state index in [4.69, 9.17) is 0 Å². The van der Waals surface area contributed by atoms with Gasteiger partial charge in [-0.15, -0.1) is 0 Å². The van der Waals surface area contributed by atoms with Crippen molar-refractivity contribution < 1.29 is 0 Å². The number of hydrogen-bond donors (Lipinski definition) is 0. The van der Waals surface area contributed by atoms with E-state index in [2.05, 4.69) is 59.9 Å². The highest BCUT2D eigenvalue weighted by Gasteiger charge is 2.33. The second-order valence-corrected chi connectivity index (χ2v) is 17.2. The van der Waals surface area contributed by atoms with E-state index in [1.165, 1.54) is 30.1 Å². The number of rotatable bonds is 9. The maximum atomic E-state index is 2.57. The van der Waals surface area contributed by atoms with Gasteiger partial charge in [0, 0.05) is 5.25 Å². The minimum Gasteiger partial charge on any atom is -0.240 e. The Bertz CT molecular complexity index is 272. The zero-order valence-electron chi connectivity index (χ0n) is 14.5. The fourth-order valence-corrected chi connectivity index (χ4v) is 14.1. The van der Waals surface area contributed by atoms with Crippen LogP contribution in [0.2, 0.25) is 0 Å². The van der Waals surface area contributed by atoms with Crippen LogP contribution in [0.3, 0.4) is 0 Å². The lowest BCUT2D eigenvalue weighted by molar-refractivity contribution is 0.939. The highest BCUT2D eigenvalue weighted by molar-refractivity contribution is 8.74. The van der Waals surface area contributed by atoms with Crippen LogP contribution in [0.15, 0.2) is 11.0 Å². The molecule has 19 heavy (non-hydrogen) atoms. The van der Waals surface area contributed by atoms with Crippen LogP contribution in [0.4, 0.5) is 0 Å². The van der Waals surface area contributed by atoms with Crippen molar-refractivity contribution in [2.45, 2.75) is 52.7 Å². The Morgan fingerprint density at radius 1 is 1.11 bits per heavy atom. The van der Waals surface area contributed by atoms with E-state index in [1.54, 1.807) is 0 Å². The van der Waals surface area contributed by atoms with Crippen molar-refractivity contribution in [3.05, 3.63) is 11.0 Å². The molecule has 0 saturated heterocycles. The summed E-state index contributed by atoms with van der Waals surface area (Å²) in [5.74, 6) is 4.20. The smallest absolute Gasteiger partial charge is 0.0178 e. The zero-order chi connectivity index (χ0) is 15.1. The highest BCUT2D eigenvalue weighted by Crippen LogP contribution is 2.72. The molecule has 0 N–H and O–H groups in total. The third kappa shape index (κ3) is 4.68. The van der Waals surface area contributed by atoms with Crippen molar-refractivity contribution in [3.63, 3.8) is 0 Å². The van der Waals surface area contributed by atoms with E-state index in [0.717, 1.165) is 13.0 Å². The summed E-state index contributed by atoms with van der Waals surface area (Å²) < 4.78 is 0. The maximum absolute atomic E-state index is 2.57. The maximum Gasteiger partial charge on any atom is 0.0178 e.